The van der Waals surface area contributed by atoms with Crippen LogP contribution in [0.1, 0.15) is 6.92 Å². The first-order valence-corrected chi connectivity index (χ1v) is 4.64. The van der Waals surface area contributed by atoms with Crippen LogP contribution in [0.3, 0.4) is 0 Å². The normalized spacial score (nSPS) is 9.93. The van der Waals surface area contributed by atoms with Crippen molar-refractivity contribution in [3.63, 3.8) is 0 Å². The highest BCUT2D eigenvalue weighted by molar-refractivity contribution is 5.87. The van der Waals surface area contributed by atoms with Crippen molar-refractivity contribution in [3.8, 4) is 11.4 Å². The van der Waals surface area contributed by atoms with Crippen molar-refractivity contribution in [3.05, 3.63) is 36.5 Å². The van der Waals surface area contributed by atoms with Gasteiger partial charge in [0.05, 0.1) is 0 Å². The van der Waals surface area contributed by atoms with Crippen molar-refractivity contribution < 1.29 is 4.79 Å². The van der Waals surface area contributed by atoms with Gasteiger partial charge in [-0.25, -0.2) is 4.98 Å². The number of carbonyl (C=O) groups excluding carboxylic acids is 1. The predicted molar refractivity (Wildman–Crippen MR) is 58.3 cm³/mol. The molecule has 0 spiro atoms. The molecule has 0 bridgehead atoms. The second kappa shape index (κ2) is 3.96. The molecule has 15 heavy (non-hydrogen) atoms. The molecule has 0 fully saturated rings. The number of aromatic nitrogens is 2. The van der Waals surface area contributed by atoms with Crippen LogP contribution in [0.4, 0.5) is 5.82 Å². The summed E-state index contributed by atoms with van der Waals surface area (Å²) in [4.78, 5) is 18.0. The van der Waals surface area contributed by atoms with Gasteiger partial charge >= 0.3 is 0 Å². The van der Waals surface area contributed by atoms with Gasteiger partial charge in [-0.2, -0.15) is 0 Å². The van der Waals surface area contributed by atoms with E-state index in [1.807, 2.05) is 30.3 Å². The monoisotopic (exact) mass is 201 g/mol. The Morgan fingerprint density at radius 2 is 2.07 bits per heavy atom. The van der Waals surface area contributed by atoms with Gasteiger partial charge in [0.25, 0.3) is 0 Å². The van der Waals surface area contributed by atoms with E-state index in [1.165, 1.54) is 6.92 Å². The topological polar surface area (TPSA) is 57.8 Å². The molecule has 0 radical (unpaired) electrons. The predicted octanol–water partition coefficient (Wildman–Crippen LogP) is 2.04. The summed E-state index contributed by atoms with van der Waals surface area (Å²) in [6, 6.07) is 9.74. The molecule has 76 valence electrons. The number of hydrogen-bond acceptors (Lipinski definition) is 2. The molecular weight excluding hydrogens is 190 g/mol. The summed E-state index contributed by atoms with van der Waals surface area (Å²) < 4.78 is 0. The van der Waals surface area contributed by atoms with E-state index < -0.39 is 0 Å². The lowest BCUT2D eigenvalue weighted by Crippen LogP contribution is -2.05. The van der Waals surface area contributed by atoms with Crippen LogP contribution in [0.25, 0.3) is 11.4 Å². The first kappa shape index (κ1) is 9.45. The Kier molecular flexibility index (Phi) is 2.49. The number of carbonyl (C=O) groups is 1. The highest BCUT2D eigenvalue weighted by atomic mass is 16.1. The van der Waals surface area contributed by atoms with Crippen LogP contribution >= 0.6 is 0 Å². The first-order chi connectivity index (χ1) is 7.25. The molecule has 4 nitrogen and oxygen atoms in total. The van der Waals surface area contributed by atoms with E-state index in [0.717, 1.165) is 11.4 Å². The van der Waals surface area contributed by atoms with Gasteiger partial charge in [0.1, 0.15) is 5.82 Å². The van der Waals surface area contributed by atoms with Crippen molar-refractivity contribution in [1.29, 1.82) is 0 Å². The lowest BCUT2D eigenvalue weighted by Gasteiger charge is -1.95. The van der Waals surface area contributed by atoms with Crippen molar-refractivity contribution in [1.82, 2.24) is 9.97 Å². The third kappa shape index (κ3) is 2.22. The Bertz CT molecular complexity index is 462. The van der Waals surface area contributed by atoms with Gasteiger partial charge in [-0.05, 0) is 0 Å². The molecule has 1 aromatic heterocycles. The van der Waals surface area contributed by atoms with E-state index in [-0.39, 0.29) is 5.91 Å². The van der Waals surface area contributed by atoms with Crippen LogP contribution in [0.5, 0.6) is 0 Å². The van der Waals surface area contributed by atoms with Crippen LogP contribution < -0.4 is 5.32 Å². The maximum Gasteiger partial charge on any atom is 0.222 e. The SMILES string of the molecule is CC(=O)Nc1c[nH]c(-c2ccccc2)n1. The van der Waals surface area contributed by atoms with E-state index in [1.54, 1.807) is 6.20 Å². The smallest absolute Gasteiger partial charge is 0.222 e. The molecular formula is C11H11N3O. The van der Waals surface area contributed by atoms with Crippen LogP contribution in [-0.2, 0) is 4.79 Å². The van der Waals surface area contributed by atoms with Crippen molar-refractivity contribution in [2.75, 3.05) is 5.32 Å². The fourth-order valence-corrected chi connectivity index (χ4v) is 1.31. The van der Waals surface area contributed by atoms with Crippen LogP contribution in [0.15, 0.2) is 36.5 Å². The molecule has 0 aliphatic rings. The van der Waals surface area contributed by atoms with Gasteiger partial charge in [-0.15, -0.1) is 0 Å². The summed E-state index contributed by atoms with van der Waals surface area (Å²) in [7, 11) is 0. The number of rotatable bonds is 2. The summed E-state index contributed by atoms with van der Waals surface area (Å²) in [5, 5.41) is 2.61. The van der Waals surface area contributed by atoms with E-state index in [2.05, 4.69) is 15.3 Å². The summed E-state index contributed by atoms with van der Waals surface area (Å²) in [5.41, 5.74) is 0.995. The van der Waals surface area contributed by atoms with E-state index in [4.69, 9.17) is 0 Å². The summed E-state index contributed by atoms with van der Waals surface area (Å²) >= 11 is 0. The summed E-state index contributed by atoms with van der Waals surface area (Å²) in [6.45, 7) is 1.46. The molecule has 0 atom stereocenters. The minimum atomic E-state index is -0.124. The third-order valence-electron chi connectivity index (χ3n) is 1.93. The number of anilines is 1. The Balaban J connectivity index is 2.24. The highest BCUT2D eigenvalue weighted by Crippen LogP contribution is 2.16. The van der Waals surface area contributed by atoms with Gasteiger partial charge in [-0.3, -0.25) is 4.79 Å². The molecule has 0 aliphatic heterocycles. The van der Waals surface area contributed by atoms with Crippen molar-refractivity contribution >= 4 is 11.7 Å². The maximum atomic E-state index is 10.8. The Morgan fingerprint density at radius 3 is 2.73 bits per heavy atom. The van der Waals surface area contributed by atoms with E-state index in [0.29, 0.717) is 5.82 Å². The molecule has 2 N–H and O–H groups in total. The molecule has 0 aliphatic carbocycles. The van der Waals surface area contributed by atoms with Gasteiger partial charge in [0.15, 0.2) is 5.82 Å². The Labute approximate surface area is 87.4 Å². The minimum absolute atomic E-state index is 0.124. The van der Waals surface area contributed by atoms with E-state index >= 15 is 0 Å². The molecule has 0 saturated heterocycles. The van der Waals surface area contributed by atoms with Crippen LogP contribution in [-0.4, -0.2) is 15.9 Å². The largest absolute Gasteiger partial charge is 0.343 e. The van der Waals surface area contributed by atoms with Gasteiger partial charge < -0.3 is 10.3 Å². The zero-order chi connectivity index (χ0) is 10.7. The van der Waals surface area contributed by atoms with Crippen molar-refractivity contribution in [2.45, 2.75) is 6.92 Å². The highest BCUT2D eigenvalue weighted by Gasteiger charge is 2.03. The fraction of sp³-hybridized carbons (Fsp3) is 0.0909. The quantitative estimate of drug-likeness (QED) is 0.781. The Morgan fingerprint density at radius 1 is 1.33 bits per heavy atom. The average molecular weight is 201 g/mol. The standard InChI is InChI=1S/C11H11N3O/c1-8(15)13-10-7-12-11(14-10)9-5-3-2-4-6-9/h2-7H,1H3,(H,12,14)(H,13,15). The Hall–Kier alpha value is -2.10. The number of hydrogen-bond donors (Lipinski definition) is 2. The lowest BCUT2D eigenvalue weighted by molar-refractivity contribution is -0.114. The minimum Gasteiger partial charge on any atom is -0.343 e. The van der Waals surface area contributed by atoms with Crippen LogP contribution in [0.2, 0.25) is 0 Å². The molecule has 1 amide bonds. The second-order valence-corrected chi connectivity index (χ2v) is 3.18. The molecule has 2 rings (SSSR count). The lowest BCUT2D eigenvalue weighted by atomic mass is 10.2. The molecule has 0 saturated carbocycles. The van der Waals surface area contributed by atoms with Crippen LogP contribution in [0, 0.1) is 0 Å². The molecule has 4 heteroatoms. The summed E-state index contributed by atoms with van der Waals surface area (Å²) in [6.07, 6.45) is 1.67. The molecule has 2 aromatic rings. The molecule has 0 unspecified atom stereocenters. The van der Waals surface area contributed by atoms with E-state index in [9.17, 15) is 4.79 Å². The number of nitrogens with one attached hydrogen (secondary N) is 2. The van der Waals surface area contributed by atoms with Gasteiger partial charge in [0.2, 0.25) is 5.91 Å². The number of aromatic amines is 1. The fourth-order valence-electron chi connectivity index (χ4n) is 1.31. The number of amides is 1. The average Bonchev–Trinajstić information content (AvgIpc) is 2.67. The number of H-pyrrole nitrogens is 1. The van der Waals surface area contributed by atoms with Crippen molar-refractivity contribution in [2.24, 2.45) is 0 Å². The zero-order valence-electron chi connectivity index (χ0n) is 8.32. The zero-order valence-corrected chi connectivity index (χ0v) is 8.32. The molecule has 1 aromatic carbocycles. The summed E-state index contributed by atoms with van der Waals surface area (Å²) in [5.74, 6) is 1.17. The first-order valence-electron chi connectivity index (χ1n) is 4.64. The van der Waals surface area contributed by atoms with Gasteiger partial charge in [0, 0.05) is 18.7 Å². The number of imidazole rings is 1. The van der Waals surface area contributed by atoms with Gasteiger partial charge in [-0.1, -0.05) is 30.3 Å². The maximum absolute atomic E-state index is 10.8. The number of nitrogens with zero attached hydrogens (tertiary/aromatic N) is 1. The molecule has 1 heterocycles. The second-order valence-electron chi connectivity index (χ2n) is 3.18. The number of benzene rings is 1. The third-order valence-corrected chi connectivity index (χ3v) is 1.93.